The number of carbonyl (C=O) groups is 1. The van der Waals surface area contributed by atoms with Crippen LogP contribution in [0, 0.1) is 0 Å². The second kappa shape index (κ2) is 8.73. The SMILES string of the molecule is CCN(C(=O)c1ccc(N(C)C2CCCCC2)cc1)C1CCCCC1. The number of carbonyl (C=O) groups excluding carboxylic acids is 1. The lowest BCUT2D eigenvalue weighted by Gasteiger charge is -2.34. The summed E-state index contributed by atoms with van der Waals surface area (Å²) in [6.07, 6.45) is 12.8. The average Bonchev–Trinajstić information content (AvgIpc) is 2.69. The van der Waals surface area contributed by atoms with Crippen molar-refractivity contribution in [3.8, 4) is 0 Å². The topological polar surface area (TPSA) is 23.6 Å². The average molecular weight is 343 g/mol. The number of amides is 1. The fraction of sp³-hybridized carbons (Fsp3) is 0.682. The standard InChI is InChI=1S/C22H34N2O/c1-3-24(21-12-8-5-9-13-21)22(25)18-14-16-20(17-15-18)23(2)19-10-6-4-7-11-19/h14-17,19,21H,3-13H2,1-2H3. The van der Waals surface area contributed by atoms with Gasteiger partial charge in [0.25, 0.3) is 5.91 Å². The first-order valence-corrected chi connectivity index (χ1v) is 10.3. The molecule has 2 aliphatic rings. The van der Waals surface area contributed by atoms with E-state index in [2.05, 4.69) is 35.9 Å². The molecule has 2 aliphatic carbocycles. The first-order chi connectivity index (χ1) is 12.2. The van der Waals surface area contributed by atoms with Gasteiger partial charge in [-0.3, -0.25) is 4.79 Å². The molecule has 0 heterocycles. The van der Waals surface area contributed by atoms with E-state index in [0.717, 1.165) is 12.1 Å². The molecule has 3 rings (SSSR count). The van der Waals surface area contributed by atoms with Crippen molar-refractivity contribution in [2.75, 3.05) is 18.5 Å². The van der Waals surface area contributed by atoms with Crippen LogP contribution < -0.4 is 4.90 Å². The molecule has 2 saturated carbocycles. The molecule has 0 unspecified atom stereocenters. The van der Waals surface area contributed by atoms with E-state index in [-0.39, 0.29) is 5.91 Å². The molecule has 0 spiro atoms. The fourth-order valence-corrected chi connectivity index (χ4v) is 4.64. The number of rotatable bonds is 5. The molecule has 138 valence electrons. The van der Waals surface area contributed by atoms with Crippen molar-refractivity contribution in [3.05, 3.63) is 29.8 Å². The lowest BCUT2D eigenvalue weighted by Crippen LogP contribution is -2.41. The van der Waals surface area contributed by atoms with Gasteiger partial charge in [-0.2, -0.15) is 0 Å². The Bertz CT molecular complexity index is 542. The van der Waals surface area contributed by atoms with Crippen LogP contribution in [0.25, 0.3) is 0 Å². The Morgan fingerprint density at radius 2 is 1.40 bits per heavy atom. The molecule has 2 fully saturated rings. The first kappa shape index (κ1) is 18.3. The molecule has 0 N–H and O–H groups in total. The van der Waals surface area contributed by atoms with E-state index in [1.54, 1.807) is 0 Å². The van der Waals surface area contributed by atoms with Gasteiger partial charge >= 0.3 is 0 Å². The Hall–Kier alpha value is -1.51. The third kappa shape index (κ3) is 4.37. The summed E-state index contributed by atoms with van der Waals surface area (Å²) in [4.78, 5) is 17.5. The first-order valence-electron chi connectivity index (χ1n) is 10.3. The van der Waals surface area contributed by atoms with Gasteiger partial charge in [0.05, 0.1) is 0 Å². The molecule has 1 aromatic carbocycles. The van der Waals surface area contributed by atoms with Crippen molar-refractivity contribution in [2.24, 2.45) is 0 Å². The third-order valence-electron chi connectivity index (χ3n) is 6.26. The van der Waals surface area contributed by atoms with E-state index in [1.165, 1.54) is 69.9 Å². The van der Waals surface area contributed by atoms with Crippen LogP contribution in [-0.2, 0) is 0 Å². The van der Waals surface area contributed by atoms with Gasteiger partial charge in [-0.15, -0.1) is 0 Å². The number of nitrogens with zero attached hydrogens (tertiary/aromatic N) is 2. The van der Waals surface area contributed by atoms with Crippen LogP contribution in [0.2, 0.25) is 0 Å². The van der Waals surface area contributed by atoms with Crippen LogP contribution in [0.1, 0.15) is 81.5 Å². The van der Waals surface area contributed by atoms with E-state index in [4.69, 9.17) is 0 Å². The van der Waals surface area contributed by atoms with Crippen LogP contribution in [0.5, 0.6) is 0 Å². The van der Waals surface area contributed by atoms with Gasteiger partial charge in [-0.1, -0.05) is 38.5 Å². The van der Waals surface area contributed by atoms with Gasteiger partial charge in [-0.05, 0) is 56.9 Å². The highest BCUT2D eigenvalue weighted by Crippen LogP contribution is 2.27. The summed E-state index contributed by atoms with van der Waals surface area (Å²) in [6.45, 7) is 2.92. The minimum atomic E-state index is 0.210. The van der Waals surface area contributed by atoms with Crippen molar-refractivity contribution in [1.82, 2.24) is 4.90 Å². The maximum Gasteiger partial charge on any atom is 0.254 e. The van der Waals surface area contributed by atoms with Gasteiger partial charge < -0.3 is 9.80 Å². The molecule has 0 aromatic heterocycles. The minimum absolute atomic E-state index is 0.210. The summed E-state index contributed by atoms with van der Waals surface area (Å²) in [5.74, 6) is 0.210. The Morgan fingerprint density at radius 3 is 1.92 bits per heavy atom. The monoisotopic (exact) mass is 342 g/mol. The zero-order valence-electron chi connectivity index (χ0n) is 16.0. The van der Waals surface area contributed by atoms with Crippen LogP contribution in [0.15, 0.2) is 24.3 Å². The van der Waals surface area contributed by atoms with E-state index in [1.807, 2.05) is 12.1 Å². The summed E-state index contributed by atoms with van der Waals surface area (Å²) in [5, 5.41) is 0. The molecule has 0 saturated heterocycles. The molecule has 0 aliphatic heterocycles. The molecule has 25 heavy (non-hydrogen) atoms. The molecule has 0 bridgehead atoms. The molecular weight excluding hydrogens is 308 g/mol. The molecular formula is C22H34N2O. The number of benzene rings is 1. The van der Waals surface area contributed by atoms with E-state index in [0.29, 0.717) is 12.1 Å². The van der Waals surface area contributed by atoms with Crippen LogP contribution in [-0.4, -0.2) is 36.5 Å². The second-order valence-corrected chi connectivity index (χ2v) is 7.83. The van der Waals surface area contributed by atoms with Gasteiger partial charge in [0.1, 0.15) is 0 Å². The maximum absolute atomic E-state index is 13.0. The molecule has 0 radical (unpaired) electrons. The van der Waals surface area contributed by atoms with E-state index >= 15 is 0 Å². The number of hydrogen-bond acceptors (Lipinski definition) is 2. The highest BCUT2D eigenvalue weighted by molar-refractivity contribution is 5.94. The van der Waals surface area contributed by atoms with Crippen molar-refractivity contribution in [1.29, 1.82) is 0 Å². The minimum Gasteiger partial charge on any atom is -0.372 e. The second-order valence-electron chi connectivity index (χ2n) is 7.83. The van der Waals surface area contributed by atoms with Crippen molar-refractivity contribution in [2.45, 2.75) is 83.2 Å². The molecule has 3 heteroatoms. The Labute approximate surface area is 153 Å². The van der Waals surface area contributed by atoms with Crippen LogP contribution >= 0.6 is 0 Å². The van der Waals surface area contributed by atoms with E-state index in [9.17, 15) is 4.79 Å². The largest absolute Gasteiger partial charge is 0.372 e. The lowest BCUT2D eigenvalue weighted by atomic mass is 9.93. The summed E-state index contributed by atoms with van der Waals surface area (Å²) in [7, 11) is 2.20. The predicted molar refractivity (Wildman–Crippen MR) is 105 cm³/mol. The van der Waals surface area contributed by atoms with Gasteiger partial charge in [-0.25, -0.2) is 0 Å². The summed E-state index contributed by atoms with van der Waals surface area (Å²) in [6, 6.07) is 9.43. The van der Waals surface area contributed by atoms with Gasteiger partial charge in [0.15, 0.2) is 0 Å². The summed E-state index contributed by atoms with van der Waals surface area (Å²) < 4.78 is 0. The van der Waals surface area contributed by atoms with E-state index < -0.39 is 0 Å². The number of hydrogen-bond donors (Lipinski definition) is 0. The Kier molecular flexibility index (Phi) is 6.39. The normalized spacial score (nSPS) is 19.6. The van der Waals surface area contributed by atoms with Gasteiger partial charge in [0.2, 0.25) is 0 Å². The zero-order valence-corrected chi connectivity index (χ0v) is 16.0. The lowest BCUT2D eigenvalue weighted by molar-refractivity contribution is 0.0648. The highest BCUT2D eigenvalue weighted by atomic mass is 16.2. The highest BCUT2D eigenvalue weighted by Gasteiger charge is 2.25. The third-order valence-corrected chi connectivity index (χ3v) is 6.26. The van der Waals surface area contributed by atoms with Crippen molar-refractivity contribution < 1.29 is 4.79 Å². The van der Waals surface area contributed by atoms with Crippen LogP contribution in [0.3, 0.4) is 0 Å². The predicted octanol–water partition coefficient (Wildman–Crippen LogP) is 5.25. The molecule has 0 atom stereocenters. The summed E-state index contributed by atoms with van der Waals surface area (Å²) >= 11 is 0. The molecule has 1 amide bonds. The summed E-state index contributed by atoms with van der Waals surface area (Å²) in [5.41, 5.74) is 2.08. The van der Waals surface area contributed by atoms with Crippen molar-refractivity contribution >= 4 is 11.6 Å². The fourth-order valence-electron chi connectivity index (χ4n) is 4.64. The van der Waals surface area contributed by atoms with Crippen LogP contribution in [0.4, 0.5) is 5.69 Å². The van der Waals surface area contributed by atoms with Crippen molar-refractivity contribution in [3.63, 3.8) is 0 Å². The smallest absolute Gasteiger partial charge is 0.254 e. The maximum atomic E-state index is 13.0. The zero-order chi connectivity index (χ0) is 17.6. The van der Waals surface area contributed by atoms with Gasteiger partial charge in [0, 0.05) is 36.9 Å². The molecule has 3 nitrogen and oxygen atoms in total. The number of anilines is 1. The quantitative estimate of drug-likeness (QED) is 0.729. The Balaban J connectivity index is 1.66. The molecule has 1 aromatic rings. The Morgan fingerprint density at radius 1 is 0.880 bits per heavy atom.